The Hall–Kier alpha value is -3.47. The number of carbonyl (C=O) groups is 2. The fraction of sp³-hybridized carbons (Fsp3) is 0.286. The van der Waals surface area contributed by atoms with Gasteiger partial charge >= 0.3 is 0 Å². The summed E-state index contributed by atoms with van der Waals surface area (Å²) in [6, 6.07) is 23.1. The number of carbonyl (C=O) groups excluding carboxylic acids is 2. The molecule has 0 bridgehead atoms. The predicted molar refractivity (Wildman–Crippen MR) is 129 cm³/mol. The molecule has 4 nitrogen and oxygen atoms in total. The summed E-state index contributed by atoms with van der Waals surface area (Å²) in [5.41, 5.74) is 3.91. The van der Waals surface area contributed by atoms with Gasteiger partial charge in [-0.25, -0.2) is 4.39 Å². The highest BCUT2D eigenvalue weighted by Gasteiger charge is 2.29. The molecule has 0 aliphatic rings. The van der Waals surface area contributed by atoms with Gasteiger partial charge in [-0.1, -0.05) is 79.2 Å². The molecule has 2 amide bonds. The number of benzene rings is 3. The van der Waals surface area contributed by atoms with Crippen LogP contribution < -0.4 is 5.32 Å². The first-order chi connectivity index (χ1) is 16.0. The van der Waals surface area contributed by atoms with Crippen LogP contribution in [0.5, 0.6) is 0 Å². The van der Waals surface area contributed by atoms with Crippen LogP contribution in [0.3, 0.4) is 0 Å². The van der Waals surface area contributed by atoms with E-state index in [1.165, 1.54) is 12.1 Å². The van der Waals surface area contributed by atoms with Crippen LogP contribution in [0.2, 0.25) is 0 Å². The molecule has 1 N–H and O–H groups in total. The van der Waals surface area contributed by atoms with E-state index in [0.717, 1.165) is 22.3 Å². The maximum atomic E-state index is 13.4. The monoisotopic (exact) mass is 446 g/mol. The maximum Gasteiger partial charge on any atom is 0.243 e. The van der Waals surface area contributed by atoms with E-state index in [4.69, 9.17) is 0 Å². The van der Waals surface area contributed by atoms with E-state index in [9.17, 15) is 14.0 Å². The number of rotatable bonds is 10. The van der Waals surface area contributed by atoms with Gasteiger partial charge in [0.1, 0.15) is 11.9 Å². The lowest BCUT2D eigenvalue weighted by atomic mass is 10.0. The molecule has 172 valence electrons. The van der Waals surface area contributed by atoms with Gasteiger partial charge in [-0.2, -0.15) is 0 Å². The molecule has 0 aliphatic carbocycles. The minimum Gasteiger partial charge on any atom is -0.350 e. The van der Waals surface area contributed by atoms with Crippen LogP contribution in [0.4, 0.5) is 4.39 Å². The Labute approximate surface area is 195 Å². The number of nitrogens with one attached hydrogen (secondary N) is 1. The van der Waals surface area contributed by atoms with Crippen molar-refractivity contribution in [3.8, 4) is 0 Å². The summed E-state index contributed by atoms with van der Waals surface area (Å²) >= 11 is 0. The second-order valence-corrected chi connectivity index (χ2v) is 8.31. The molecule has 0 heterocycles. The highest BCUT2D eigenvalue weighted by Crippen LogP contribution is 2.17. The smallest absolute Gasteiger partial charge is 0.243 e. The summed E-state index contributed by atoms with van der Waals surface area (Å²) in [4.78, 5) is 28.2. The highest BCUT2D eigenvalue weighted by molar-refractivity contribution is 5.88. The van der Waals surface area contributed by atoms with Gasteiger partial charge in [-0.15, -0.1) is 0 Å². The van der Waals surface area contributed by atoms with Crippen molar-refractivity contribution in [3.63, 3.8) is 0 Å². The number of halogens is 1. The summed E-state index contributed by atoms with van der Waals surface area (Å²) in [5.74, 6) is -0.624. The van der Waals surface area contributed by atoms with Crippen LogP contribution in [0.1, 0.15) is 42.0 Å². The van der Waals surface area contributed by atoms with Gasteiger partial charge in [0, 0.05) is 25.9 Å². The molecular formula is C28H31FN2O2. The molecular weight excluding hydrogens is 415 g/mol. The minimum absolute atomic E-state index is 0.0896. The number of hydrogen-bond donors (Lipinski definition) is 1. The summed E-state index contributed by atoms with van der Waals surface area (Å²) < 4.78 is 13.4. The van der Waals surface area contributed by atoms with Crippen LogP contribution in [0, 0.1) is 12.7 Å². The predicted octanol–water partition coefficient (Wildman–Crippen LogP) is 5.19. The van der Waals surface area contributed by atoms with Gasteiger partial charge in [0.25, 0.3) is 0 Å². The summed E-state index contributed by atoms with van der Waals surface area (Å²) in [6.45, 7) is 4.59. The first kappa shape index (κ1) is 24.2. The zero-order valence-electron chi connectivity index (χ0n) is 19.3. The SMILES string of the molecule is CCCC(=O)N(Cc1ccc(F)cc1)[C@@H](Cc1ccccc1)C(=O)NCc1ccc(C)cc1. The summed E-state index contributed by atoms with van der Waals surface area (Å²) in [6.07, 6.45) is 1.43. The zero-order chi connectivity index (χ0) is 23.6. The molecule has 3 aromatic carbocycles. The lowest BCUT2D eigenvalue weighted by molar-refractivity contribution is -0.141. The topological polar surface area (TPSA) is 49.4 Å². The third-order valence-electron chi connectivity index (χ3n) is 5.59. The van der Waals surface area contributed by atoms with Crippen molar-refractivity contribution in [2.24, 2.45) is 0 Å². The zero-order valence-corrected chi connectivity index (χ0v) is 19.3. The van der Waals surface area contributed by atoms with Gasteiger partial charge < -0.3 is 10.2 Å². The second-order valence-electron chi connectivity index (χ2n) is 8.31. The van der Waals surface area contributed by atoms with E-state index in [2.05, 4.69) is 5.32 Å². The van der Waals surface area contributed by atoms with E-state index in [1.807, 2.05) is 68.4 Å². The molecule has 0 saturated carbocycles. The van der Waals surface area contributed by atoms with E-state index in [-0.39, 0.29) is 24.2 Å². The average molecular weight is 447 g/mol. The number of nitrogens with zero attached hydrogens (tertiary/aromatic N) is 1. The third kappa shape index (κ3) is 7.28. The van der Waals surface area contributed by atoms with E-state index >= 15 is 0 Å². The van der Waals surface area contributed by atoms with Crippen molar-refractivity contribution >= 4 is 11.8 Å². The Bertz CT molecular complexity index is 1030. The van der Waals surface area contributed by atoms with Crippen molar-refractivity contribution in [2.45, 2.75) is 52.2 Å². The van der Waals surface area contributed by atoms with Gasteiger partial charge in [-0.3, -0.25) is 9.59 Å². The second kappa shape index (κ2) is 12.0. The fourth-order valence-electron chi connectivity index (χ4n) is 3.71. The average Bonchev–Trinajstić information content (AvgIpc) is 2.82. The Morgan fingerprint density at radius 1 is 0.879 bits per heavy atom. The lowest BCUT2D eigenvalue weighted by Gasteiger charge is -2.31. The molecule has 0 fully saturated rings. The molecule has 3 rings (SSSR count). The van der Waals surface area contributed by atoms with Crippen LogP contribution in [-0.2, 0) is 29.1 Å². The van der Waals surface area contributed by atoms with Crippen LogP contribution in [0.15, 0.2) is 78.9 Å². The molecule has 1 atom stereocenters. The summed E-state index contributed by atoms with van der Waals surface area (Å²) in [7, 11) is 0. The number of amides is 2. The van der Waals surface area contributed by atoms with Crippen molar-refractivity contribution in [1.82, 2.24) is 10.2 Å². The van der Waals surface area contributed by atoms with Crippen molar-refractivity contribution in [2.75, 3.05) is 0 Å². The van der Waals surface area contributed by atoms with Crippen LogP contribution >= 0.6 is 0 Å². The fourth-order valence-corrected chi connectivity index (χ4v) is 3.71. The molecule has 0 unspecified atom stereocenters. The van der Waals surface area contributed by atoms with E-state index < -0.39 is 6.04 Å². The van der Waals surface area contributed by atoms with Gasteiger partial charge in [0.2, 0.25) is 11.8 Å². The highest BCUT2D eigenvalue weighted by atomic mass is 19.1. The summed E-state index contributed by atoms with van der Waals surface area (Å²) in [5, 5.41) is 3.02. The van der Waals surface area contributed by atoms with Crippen LogP contribution in [-0.4, -0.2) is 22.8 Å². The first-order valence-corrected chi connectivity index (χ1v) is 11.4. The van der Waals surface area contributed by atoms with Crippen LogP contribution in [0.25, 0.3) is 0 Å². The minimum atomic E-state index is -0.679. The lowest BCUT2D eigenvalue weighted by Crippen LogP contribution is -2.50. The van der Waals surface area contributed by atoms with Gasteiger partial charge in [0.05, 0.1) is 0 Å². The Balaban J connectivity index is 1.86. The molecule has 3 aromatic rings. The normalized spacial score (nSPS) is 11.6. The molecule has 0 aromatic heterocycles. The molecule has 5 heteroatoms. The van der Waals surface area contributed by atoms with Crippen molar-refractivity contribution in [3.05, 3.63) is 107 Å². The molecule has 0 aliphatic heterocycles. The number of hydrogen-bond acceptors (Lipinski definition) is 2. The Morgan fingerprint density at radius 3 is 2.15 bits per heavy atom. The standard InChI is InChI=1S/C28H31FN2O2/c1-3-7-27(32)31(20-24-14-16-25(29)17-15-24)26(18-22-8-5-4-6-9-22)28(33)30-19-23-12-10-21(2)11-13-23/h4-6,8-17,26H,3,7,18-20H2,1-2H3,(H,30,33)/t26-/m0/s1. The quantitative estimate of drug-likeness (QED) is 0.466. The molecule has 0 radical (unpaired) electrons. The van der Waals surface area contributed by atoms with Gasteiger partial charge in [-0.05, 0) is 42.2 Å². The molecule has 0 saturated heterocycles. The third-order valence-corrected chi connectivity index (χ3v) is 5.59. The van der Waals surface area contributed by atoms with E-state index in [1.54, 1.807) is 17.0 Å². The number of aryl methyl sites for hydroxylation is 1. The van der Waals surface area contributed by atoms with Gasteiger partial charge in [0.15, 0.2) is 0 Å². The molecule has 0 spiro atoms. The van der Waals surface area contributed by atoms with Crippen molar-refractivity contribution in [1.29, 1.82) is 0 Å². The molecule has 33 heavy (non-hydrogen) atoms. The largest absolute Gasteiger partial charge is 0.350 e. The van der Waals surface area contributed by atoms with E-state index in [0.29, 0.717) is 25.8 Å². The van der Waals surface area contributed by atoms with Crippen molar-refractivity contribution < 1.29 is 14.0 Å². The Morgan fingerprint density at radius 2 is 1.52 bits per heavy atom. The maximum absolute atomic E-state index is 13.4. The Kier molecular flexibility index (Phi) is 8.76. The first-order valence-electron chi connectivity index (χ1n) is 11.4.